The lowest BCUT2D eigenvalue weighted by atomic mass is 10.3. The van der Waals surface area contributed by atoms with Gasteiger partial charge in [0.2, 0.25) is 5.91 Å². The van der Waals surface area contributed by atoms with Gasteiger partial charge in [0.05, 0.1) is 4.88 Å². The maximum atomic E-state index is 11.7. The molecular weight excluding hydrogens is 268 g/mol. The number of carbonyl (C=O) groups excluding carboxylic acids is 2. The summed E-state index contributed by atoms with van der Waals surface area (Å²) in [6.07, 6.45) is 2.57. The van der Waals surface area contributed by atoms with Crippen LogP contribution in [0.15, 0.2) is 16.3 Å². The van der Waals surface area contributed by atoms with Gasteiger partial charge in [-0.25, -0.2) is 0 Å². The molecule has 1 aliphatic heterocycles. The largest absolute Gasteiger partial charge is 0.351 e. The molecule has 1 fully saturated rings. The Labute approximate surface area is 116 Å². The summed E-state index contributed by atoms with van der Waals surface area (Å²) in [6, 6.07) is 1.73. The van der Waals surface area contributed by atoms with E-state index < -0.39 is 0 Å². The molecule has 0 radical (unpaired) electrons. The summed E-state index contributed by atoms with van der Waals surface area (Å²) in [5.74, 6) is 0.00313. The predicted molar refractivity (Wildman–Crippen MR) is 74.3 cm³/mol. The van der Waals surface area contributed by atoms with E-state index in [1.807, 2.05) is 10.3 Å². The fourth-order valence-electron chi connectivity index (χ4n) is 1.94. The number of rotatable bonds is 4. The molecule has 4 nitrogen and oxygen atoms in total. The van der Waals surface area contributed by atoms with Gasteiger partial charge in [-0.3, -0.25) is 9.59 Å². The Hall–Kier alpha value is -1.01. The number of thiol groups is 1. The van der Waals surface area contributed by atoms with E-state index in [0.29, 0.717) is 17.8 Å². The van der Waals surface area contributed by atoms with Gasteiger partial charge < -0.3 is 10.2 Å². The molecule has 1 saturated heterocycles. The highest BCUT2D eigenvalue weighted by Gasteiger charge is 2.17. The molecule has 1 aromatic rings. The molecule has 2 rings (SSSR count). The summed E-state index contributed by atoms with van der Waals surface area (Å²) in [5.41, 5.74) is 0. The van der Waals surface area contributed by atoms with Crippen LogP contribution in [0.5, 0.6) is 0 Å². The first-order valence-corrected chi connectivity index (χ1v) is 7.33. The second-order valence-corrected chi connectivity index (χ2v) is 5.69. The third kappa shape index (κ3) is 3.49. The molecule has 6 heteroatoms. The van der Waals surface area contributed by atoms with E-state index in [9.17, 15) is 9.59 Å². The van der Waals surface area contributed by atoms with Gasteiger partial charge >= 0.3 is 0 Å². The molecule has 0 unspecified atom stereocenters. The maximum absolute atomic E-state index is 11.7. The van der Waals surface area contributed by atoms with E-state index in [0.717, 1.165) is 30.8 Å². The van der Waals surface area contributed by atoms with Crippen molar-refractivity contribution in [2.24, 2.45) is 0 Å². The van der Waals surface area contributed by atoms with Gasteiger partial charge in [-0.15, -0.1) is 24.0 Å². The number of thiophene rings is 1. The normalized spacial score (nSPS) is 14.8. The number of likely N-dealkylation sites (tertiary alicyclic amines) is 1. The Morgan fingerprint density at radius 2 is 2.11 bits per heavy atom. The van der Waals surface area contributed by atoms with Crippen molar-refractivity contribution < 1.29 is 9.59 Å². The minimum Gasteiger partial charge on any atom is -0.351 e. The highest BCUT2D eigenvalue weighted by Crippen LogP contribution is 2.17. The van der Waals surface area contributed by atoms with Crippen LogP contribution in [-0.2, 0) is 4.79 Å². The van der Waals surface area contributed by atoms with Crippen LogP contribution in [0, 0.1) is 0 Å². The third-order valence-electron chi connectivity index (χ3n) is 2.89. The van der Waals surface area contributed by atoms with Gasteiger partial charge in [0.1, 0.15) is 0 Å². The lowest BCUT2D eigenvalue weighted by Crippen LogP contribution is -2.32. The smallest absolute Gasteiger partial charge is 0.261 e. The molecule has 0 aromatic carbocycles. The first kappa shape index (κ1) is 13.4. The van der Waals surface area contributed by atoms with E-state index in [1.165, 1.54) is 11.3 Å². The molecule has 0 aliphatic carbocycles. The molecule has 0 spiro atoms. The van der Waals surface area contributed by atoms with Gasteiger partial charge in [0.25, 0.3) is 5.91 Å². The zero-order valence-corrected chi connectivity index (χ0v) is 11.7. The average molecular weight is 284 g/mol. The van der Waals surface area contributed by atoms with Crippen molar-refractivity contribution in [2.45, 2.75) is 24.2 Å². The van der Waals surface area contributed by atoms with Gasteiger partial charge in [0.15, 0.2) is 0 Å². The molecule has 1 aliphatic rings. The van der Waals surface area contributed by atoms with Crippen molar-refractivity contribution in [3.05, 3.63) is 16.3 Å². The SMILES string of the molecule is O=C(NCCC(=O)N1CCCC1)c1cc(S)cs1. The lowest BCUT2D eigenvalue weighted by molar-refractivity contribution is -0.129. The average Bonchev–Trinajstić information content (AvgIpc) is 2.99. The first-order chi connectivity index (χ1) is 8.66. The quantitative estimate of drug-likeness (QED) is 0.828. The Morgan fingerprint density at radius 1 is 1.39 bits per heavy atom. The summed E-state index contributed by atoms with van der Waals surface area (Å²) < 4.78 is 0. The lowest BCUT2D eigenvalue weighted by Gasteiger charge is -2.14. The molecule has 2 heterocycles. The predicted octanol–water partition coefficient (Wildman–Crippen LogP) is 1.78. The minimum absolute atomic E-state index is 0.130. The van der Waals surface area contributed by atoms with Gasteiger partial charge in [-0.1, -0.05) is 0 Å². The molecule has 0 bridgehead atoms. The molecule has 2 amide bonds. The monoisotopic (exact) mass is 284 g/mol. The van der Waals surface area contributed by atoms with Crippen LogP contribution in [0.2, 0.25) is 0 Å². The molecular formula is C12H16N2O2S2. The van der Waals surface area contributed by atoms with Crippen LogP contribution in [0.25, 0.3) is 0 Å². The third-order valence-corrected chi connectivity index (χ3v) is 4.25. The molecule has 98 valence electrons. The summed E-state index contributed by atoms with van der Waals surface area (Å²) in [5, 5.41) is 4.57. The highest BCUT2D eigenvalue weighted by atomic mass is 32.1. The number of hydrogen-bond donors (Lipinski definition) is 2. The second-order valence-electron chi connectivity index (χ2n) is 4.26. The Kier molecular flexibility index (Phi) is 4.66. The molecule has 1 aromatic heterocycles. The van der Waals surface area contributed by atoms with Crippen LogP contribution in [-0.4, -0.2) is 36.3 Å². The first-order valence-electron chi connectivity index (χ1n) is 6.00. The van der Waals surface area contributed by atoms with Gasteiger partial charge in [-0.05, 0) is 18.9 Å². The highest BCUT2D eigenvalue weighted by molar-refractivity contribution is 7.80. The van der Waals surface area contributed by atoms with E-state index >= 15 is 0 Å². The van der Waals surface area contributed by atoms with E-state index in [1.54, 1.807) is 6.07 Å². The summed E-state index contributed by atoms with van der Waals surface area (Å²) in [6.45, 7) is 2.12. The number of carbonyl (C=O) groups is 2. The second kappa shape index (κ2) is 6.24. The zero-order chi connectivity index (χ0) is 13.0. The van der Waals surface area contributed by atoms with E-state index in [2.05, 4.69) is 17.9 Å². The number of amides is 2. The number of nitrogens with zero attached hydrogens (tertiary/aromatic N) is 1. The molecule has 0 saturated carbocycles. The van der Waals surface area contributed by atoms with Crippen molar-refractivity contribution in [3.63, 3.8) is 0 Å². The van der Waals surface area contributed by atoms with Crippen LogP contribution in [0.1, 0.15) is 28.9 Å². The maximum Gasteiger partial charge on any atom is 0.261 e. The van der Waals surface area contributed by atoms with Crippen molar-refractivity contribution in [1.29, 1.82) is 0 Å². The minimum atomic E-state index is -0.130. The Morgan fingerprint density at radius 3 is 2.72 bits per heavy atom. The van der Waals surface area contributed by atoms with E-state index in [-0.39, 0.29) is 11.8 Å². The Bertz CT molecular complexity index is 439. The standard InChI is InChI=1S/C12H16N2O2S2/c15-11(14-5-1-2-6-14)3-4-13-12(16)10-7-9(17)8-18-10/h7-8,17H,1-6H2,(H,13,16). The topological polar surface area (TPSA) is 49.4 Å². The van der Waals surface area contributed by atoms with Crippen molar-refractivity contribution in [1.82, 2.24) is 10.2 Å². The van der Waals surface area contributed by atoms with Crippen molar-refractivity contribution in [3.8, 4) is 0 Å². The van der Waals surface area contributed by atoms with Crippen LogP contribution in [0.3, 0.4) is 0 Å². The van der Waals surface area contributed by atoms with E-state index in [4.69, 9.17) is 0 Å². The van der Waals surface area contributed by atoms with Crippen molar-refractivity contribution in [2.75, 3.05) is 19.6 Å². The fraction of sp³-hybridized carbons (Fsp3) is 0.500. The van der Waals surface area contributed by atoms with Crippen molar-refractivity contribution >= 4 is 35.8 Å². The molecule has 0 atom stereocenters. The molecule has 18 heavy (non-hydrogen) atoms. The van der Waals surface area contributed by atoms with Crippen LogP contribution in [0.4, 0.5) is 0 Å². The summed E-state index contributed by atoms with van der Waals surface area (Å²) in [7, 11) is 0. The fourth-order valence-corrected chi connectivity index (χ4v) is 3.00. The Balaban J connectivity index is 1.71. The number of nitrogens with one attached hydrogen (secondary N) is 1. The van der Waals surface area contributed by atoms with Crippen LogP contribution >= 0.6 is 24.0 Å². The summed E-state index contributed by atoms with van der Waals surface area (Å²) >= 11 is 5.51. The van der Waals surface area contributed by atoms with Crippen LogP contribution < -0.4 is 5.32 Å². The van der Waals surface area contributed by atoms with Gasteiger partial charge in [0, 0.05) is 36.3 Å². The molecule has 1 N–H and O–H groups in total. The number of hydrogen-bond acceptors (Lipinski definition) is 4. The van der Waals surface area contributed by atoms with Gasteiger partial charge in [-0.2, -0.15) is 0 Å². The summed E-state index contributed by atoms with van der Waals surface area (Å²) in [4.78, 5) is 26.7. The zero-order valence-electron chi connectivity index (χ0n) is 10.0.